The highest BCUT2D eigenvalue weighted by molar-refractivity contribution is 5.83. The van der Waals surface area contributed by atoms with E-state index in [1.165, 1.54) is 32.7 Å². The Hall–Kier alpha value is -1.57. The monoisotopic (exact) mass is 327 g/mol. The summed E-state index contributed by atoms with van der Waals surface area (Å²) in [6.45, 7) is 2.32. The van der Waals surface area contributed by atoms with Crippen LogP contribution in [0.4, 0.5) is 0 Å². The van der Waals surface area contributed by atoms with Crippen molar-refractivity contribution in [2.45, 2.75) is 32.2 Å². The highest BCUT2D eigenvalue weighted by Gasteiger charge is 2.18. The molecule has 1 aliphatic rings. The van der Waals surface area contributed by atoms with Gasteiger partial charge in [0.15, 0.2) is 0 Å². The highest BCUT2D eigenvalue weighted by Crippen LogP contribution is 2.33. The number of quaternary nitrogens is 1. The molecule has 0 bridgehead atoms. The van der Waals surface area contributed by atoms with Gasteiger partial charge in [0.1, 0.15) is 0 Å². The number of hydrogen-bond donors (Lipinski definition) is 1. The zero-order chi connectivity index (χ0) is 15.5. The fourth-order valence-electron chi connectivity index (χ4n) is 3.17. The summed E-state index contributed by atoms with van der Waals surface area (Å²) >= 11 is 0. The Morgan fingerprint density at radius 2 is 1.39 bits per heavy atom. The summed E-state index contributed by atoms with van der Waals surface area (Å²) in [5.74, 6) is 0. The number of halogens is 1. The molecule has 2 aromatic rings. The van der Waals surface area contributed by atoms with E-state index in [0.29, 0.717) is 6.04 Å². The number of fused-ring (bicyclic) bond motifs is 2. The Morgan fingerprint density at radius 3 is 1.87 bits per heavy atom. The molecule has 2 aromatic carbocycles. The molecule has 0 amide bonds. The first kappa shape index (κ1) is 17.8. The Morgan fingerprint density at radius 1 is 0.913 bits per heavy atom. The smallest absolute Gasteiger partial charge is 0.0877 e. The number of hydrogen-bond acceptors (Lipinski definition) is 0. The minimum absolute atomic E-state index is 0. The summed E-state index contributed by atoms with van der Waals surface area (Å²) in [4.78, 5) is 1.51. The molecule has 1 aliphatic carbocycles. The van der Waals surface area contributed by atoms with Crippen molar-refractivity contribution in [3.8, 4) is 0 Å². The van der Waals surface area contributed by atoms with E-state index in [-0.39, 0.29) is 12.4 Å². The molecule has 0 saturated carbocycles. The number of rotatable bonds is 3. The molecular weight excluding hydrogens is 302 g/mol. The van der Waals surface area contributed by atoms with E-state index >= 15 is 0 Å². The van der Waals surface area contributed by atoms with Gasteiger partial charge in [-0.2, -0.15) is 0 Å². The summed E-state index contributed by atoms with van der Waals surface area (Å²) in [5, 5.41) is 0. The zero-order valence-electron chi connectivity index (χ0n) is 14.3. The van der Waals surface area contributed by atoms with Crippen LogP contribution in [0.5, 0.6) is 0 Å². The van der Waals surface area contributed by atoms with Gasteiger partial charge in [-0.05, 0) is 47.6 Å². The van der Waals surface area contributed by atoms with Crippen LogP contribution in [0.25, 0.3) is 5.57 Å². The molecule has 0 fully saturated rings. The predicted molar refractivity (Wildman–Crippen MR) is 94.3 cm³/mol. The van der Waals surface area contributed by atoms with Crippen molar-refractivity contribution in [3.63, 3.8) is 0 Å². The molecular formula is C21H26ClN. The van der Waals surface area contributed by atoms with Crippen LogP contribution in [-0.4, -0.2) is 20.1 Å². The summed E-state index contributed by atoms with van der Waals surface area (Å²) in [7, 11) is 4.47. The molecule has 0 spiro atoms. The van der Waals surface area contributed by atoms with Crippen LogP contribution in [0.3, 0.4) is 0 Å². The Bertz CT molecular complexity index is 638. The molecule has 2 heteroatoms. The minimum Gasteiger partial charge on any atom is -1.00 e. The molecule has 1 nitrogen and oxygen atoms in total. The van der Waals surface area contributed by atoms with Crippen LogP contribution in [0.1, 0.15) is 35.6 Å². The lowest BCUT2D eigenvalue weighted by Crippen LogP contribution is -3.09. The van der Waals surface area contributed by atoms with Gasteiger partial charge in [0.05, 0.1) is 20.1 Å². The van der Waals surface area contributed by atoms with E-state index < -0.39 is 0 Å². The normalized spacial score (nSPS) is 14.3. The van der Waals surface area contributed by atoms with Crippen molar-refractivity contribution in [1.29, 1.82) is 0 Å². The SMILES string of the molecule is CC(CC=C1c2ccccc2CCc2ccccc21)[NH+](C)C.[Cl-]. The highest BCUT2D eigenvalue weighted by atomic mass is 35.5. The number of nitrogens with one attached hydrogen (secondary N) is 1. The van der Waals surface area contributed by atoms with Crippen molar-refractivity contribution in [3.05, 3.63) is 76.9 Å². The number of benzene rings is 2. The molecule has 0 saturated heterocycles. The maximum absolute atomic E-state index is 2.46. The zero-order valence-corrected chi connectivity index (χ0v) is 15.0. The second kappa shape index (κ2) is 7.81. The summed E-state index contributed by atoms with van der Waals surface area (Å²) in [6.07, 6.45) is 5.85. The van der Waals surface area contributed by atoms with Crippen molar-refractivity contribution < 1.29 is 17.3 Å². The summed E-state index contributed by atoms with van der Waals surface area (Å²) in [6, 6.07) is 18.5. The Labute approximate surface area is 146 Å². The van der Waals surface area contributed by atoms with Crippen LogP contribution < -0.4 is 17.3 Å². The standard InChI is InChI=1S/C21H25N.ClH/c1-16(22(2)3)12-15-21-19-10-6-4-8-17(19)13-14-18-9-5-7-11-20(18)21;/h4-11,15-16H,12-14H2,1-3H3;1H. The first-order valence-electron chi connectivity index (χ1n) is 8.33. The van der Waals surface area contributed by atoms with Crippen molar-refractivity contribution in [2.75, 3.05) is 14.1 Å². The van der Waals surface area contributed by atoms with E-state index in [4.69, 9.17) is 0 Å². The molecule has 0 radical (unpaired) electrons. The van der Waals surface area contributed by atoms with Gasteiger partial charge in [0, 0.05) is 6.42 Å². The van der Waals surface area contributed by atoms with Gasteiger partial charge in [0.25, 0.3) is 0 Å². The average molecular weight is 328 g/mol. The van der Waals surface area contributed by atoms with Gasteiger partial charge >= 0.3 is 0 Å². The van der Waals surface area contributed by atoms with Crippen LogP contribution in [0, 0.1) is 0 Å². The van der Waals surface area contributed by atoms with E-state index in [0.717, 1.165) is 19.3 Å². The maximum atomic E-state index is 2.46. The third-order valence-corrected chi connectivity index (χ3v) is 4.94. The van der Waals surface area contributed by atoms with E-state index in [9.17, 15) is 0 Å². The Balaban J connectivity index is 0.00000192. The number of aryl methyl sites for hydroxylation is 2. The molecule has 0 heterocycles. The third kappa shape index (κ3) is 3.85. The molecule has 0 aliphatic heterocycles. The van der Waals surface area contributed by atoms with Crippen molar-refractivity contribution >= 4 is 5.57 Å². The van der Waals surface area contributed by atoms with Crippen LogP contribution in [0.15, 0.2) is 54.6 Å². The fraction of sp³-hybridized carbons (Fsp3) is 0.333. The largest absolute Gasteiger partial charge is 1.00 e. The first-order chi connectivity index (χ1) is 10.7. The average Bonchev–Trinajstić information content (AvgIpc) is 2.69. The molecule has 0 aromatic heterocycles. The Kier molecular flexibility index (Phi) is 6.04. The van der Waals surface area contributed by atoms with Gasteiger partial charge in [-0.25, -0.2) is 0 Å². The van der Waals surface area contributed by atoms with Crippen LogP contribution >= 0.6 is 0 Å². The molecule has 1 unspecified atom stereocenters. The molecule has 1 atom stereocenters. The quantitative estimate of drug-likeness (QED) is 0.818. The third-order valence-electron chi connectivity index (χ3n) is 4.94. The molecule has 23 heavy (non-hydrogen) atoms. The van der Waals surface area contributed by atoms with Crippen molar-refractivity contribution in [2.24, 2.45) is 0 Å². The van der Waals surface area contributed by atoms with Gasteiger partial charge in [0.2, 0.25) is 0 Å². The van der Waals surface area contributed by atoms with E-state index in [2.05, 4.69) is 75.6 Å². The lowest BCUT2D eigenvalue weighted by molar-refractivity contribution is -0.883. The second-order valence-corrected chi connectivity index (χ2v) is 6.65. The molecule has 3 rings (SSSR count). The van der Waals surface area contributed by atoms with E-state index in [1.54, 1.807) is 0 Å². The van der Waals surface area contributed by atoms with Crippen LogP contribution in [-0.2, 0) is 12.8 Å². The van der Waals surface area contributed by atoms with Gasteiger partial charge < -0.3 is 17.3 Å². The minimum atomic E-state index is 0. The van der Waals surface area contributed by atoms with Gasteiger partial charge in [-0.1, -0.05) is 54.6 Å². The first-order valence-corrected chi connectivity index (χ1v) is 8.33. The van der Waals surface area contributed by atoms with Crippen molar-refractivity contribution in [1.82, 2.24) is 0 Å². The van der Waals surface area contributed by atoms with E-state index in [1.807, 2.05) is 0 Å². The lowest BCUT2D eigenvalue weighted by Gasteiger charge is -2.17. The lowest BCUT2D eigenvalue weighted by atomic mass is 9.92. The topological polar surface area (TPSA) is 4.44 Å². The molecule has 122 valence electrons. The maximum Gasteiger partial charge on any atom is 0.0877 e. The predicted octanol–water partition coefficient (Wildman–Crippen LogP) is 0.144. The van der Waals surface area contributed by atoms with Crippen LogP contribution in [0.2, 0.25) is 0 Å². The summed E-state index contributed by atoms with van der Waals surface area (Å²) in [5.41, 5.74) is 7.24. The second-order valence-electron chi connectivity index (χ2n) is 6.65. The van der Waals surface area contributed by atoms with Gasteiger partial charge in [-0.3, -0.25) is 0 Å². The van der Waals surface area contributed by atoms with Gasteiger partial charge in [-0.15, -0.1) is 0 Å². The fourth-order valence-corrected chi connectivity index (χ4v) is 3.17. The molecule has 1 N–H and O–H groups in total. The summed E-state index contributed by atoms with van der Waals surface area (Å²) < 4.78 is 0.